The number of carboxylic acid groups (broad SMARTS) is 1. The average molecular weight is 1570 g/mol. The Morgan fingerprint density at radius 1 is 0.559 bits per heavy atom. The Kier molecular flexibility index (Phi) is 35.5. The van der Waals surface area contributed by atoms with Crippen LogP contribution in [0, 0.1) is 11.8 Å². The fourth-order valence-electron chi connectivity index (χ4n) is 13.1. The van der Waals surface area contributed by atoms with Gasteiger partial charge in [-0.3, -0.25) is 67.1 Å². The molecule has 22 N–H and O–H groups in total. The number of hydrogen-bond donors (Lipinski definition) is 18. The van der Waals surface area contributed by atoms with Crippen molar-refractivity contribution in [2.75, 3.05) is 38.2 Å². The van der Waals surface area contributed by atoms with Crippen LogP contribution in [0.2, 0.25) is 0 Å². The van der Waals surface area contributed by atoms with Gasteiger partial charge in [0.05, 0.1) is 18.9 Å². The van der Waals surface area contributed by atoms with Crippen LogP contribution in [0.1, 0.15) is 141 Å². The third-order valence-electron chi connectivity index (χ3n) is 19.0. The van der Waals surface area contributed by atoms with Gasteiger partial charge in [0.15, 0.2) is 0 Å². The molecule has 37 heteroatoms. The molecule has 12 atom stereocenters. The van der Waals surface area contributed by atoms with Crippen molar-refractivity contribution in [2.45, 2.75) is 216 Å². The van der Waals surface area contributed by atoms with Crippen molar-refractivity contribution in [2.24, 2.45) is 34.8 Å². The van der Waals surface area contributed by atoms with Gasteiger partial charge in [0.25, 0.3) is 0 Å². The smallest absolute Gasteiger partial charge is 0.326 e. The van der Waals surface area contributed by atoms with Crippen LogP contribution in [0.4, 0.5) is 0 Å². The number of nitrogens with two attached hydrogens (primary N) is 4. The molecule has 0 spiro atoms. The van der Waals surface area contributed by atoms with E-state index in [-0.39, 0.29) is 114 Å². The molecule has 14 amide bonds. The second-order valence-electron chi connectivity index (χ2n) is 28.9. The zero-order valence-electron chi connectivity index (χ0n) is 63.6. The number of hydrogen-bond acceptors (Lipinski definition) is 20. The fraction of sp³-hybridized carbons (Fsp3) is 0.568. The highest BCUT2D eigenvalue weighted by molar-refractivity contribution is 7.98. The first-order chi connectivity index (χ1) is 52.8. The molecule has 0 aliphatic carbocycles. The molecule has 0 radical (unpaired) electrons. The summed E-state index contributed by atoms with van der Waals surface area (Å²) in [7, 11) is 0. The lowest BCUT2D eigenvalue weighted by Gasteiger charge is -2.31. The van der Waals surface area contributed by atoms with E-state index in [9.17, 15) is 82.1 Å². The van der Waals surface area contributed by atoms with E-state index >= 15 is 0 Å². The number of imidazole rings is 1. The Hall–Kier alpha value is -10.7. The van der Waals surface area contributed by atoms with E-state index in [1.54, 1.807) is 46.2 Å². The molecule has 2 aliphatic heterocycles. The Balaban J connectivity index is 1.13. The lowest BCUT2D eigenvalue weighted by atomic mass is 9.99. The summed E-state index contributed by atoms with van der Waals surface area (Å²) in [5.74, 6) is -12.8. The van der Waals surface area contributed by atoms with Crippen LogP contribution in [0.5, 0.6) is 5.75 Å². The number of carbonyl (C=O) groups excluding carboxylic acids is 14. The van der Waals surface area contributed by atoms with Crippen LogP contribution < -0.4 is 76.1 Å². The minimum Gasteiger partial charge on any atom is -0.508 e. The van der Waals surface area contributed by atoms with Crippen molar-refractivity contribution < 1.29 is 82.1 Å². The van der Waals surface area contributed by atoms with Gasteiger partial charge >= 0.3 is 5.97 Å². The molecule has 4 heterocycles. The van der Waals surface area contributed by atoms with Crippen molar-refractivity contribution in [3.8, 4) is 5.75 Å². The number of thioether (sulfide) groups is 1. The molecule has 2 fully saturated rings. The van der Waals surface area contributed by atoms with Gasteiger partial charge in [-0.15, -0.1) is 0 Å². The predicted molar refractivity (Wildman–Crippen MR) is 409 cm³/mol. The Morgan fingerprint density at radius 2 is 1.05 bits per heavy atom. The first kappa shape index (κ1) is 89.2. The summed E-state index contributed by atoms with van der Waals surface area (Å²) in [5, 5.41) is 47.0. The molecule has 2 aliphatic rings. The quantitative estimate of drug-likeness (QED) is 0.0213. The van der Waals surface area contributed by atoms with Crippen molar-refractivity contribution in [3.05, 3.63) is 84.1 Å². The highest BCUT2D eigenvalue weighted by Gasteiger charge is 2.43. The SMILES string of the molecule is CSCC[C@H](NC(=O)[C@@H]1CCCN1C(=O)[C@H](CCC(N)=O)NC(=O)CNC(=O)[C@@H]1CCCN1C(=O)[C@H](CCCCN)NC(=O)[C@H](CC(C)C)NC(=O)[C@H](CCC(N)=O)NC(=O)[C@H](CC(C)C)NC(=O)[C@H](Cc1c[nH]c2ccccc12)NC(=O)[C@H](Cc1cnc[nH]1)NC(=O)[C@H](C)N)C(=O)N[C@@H](Cc1ccc(O)cc1)C(=O)O. The number of nitrogens with one attached hydrogen (secondary N) is 12. The van der Waals surface area contributed by atoms with Gasteiger partial charge in [-0.2, -0.15) is 11.8 Å². The van der Waals surface area contributed by atoms with Gasteiger partial charge in [0.2, 0.25) is 82.7 Å². The van der Waals surface area contributed by atoms with Gasteiger partial charge < -0.3 is 106 Å². The minimum absolute atomic E-state index is 0.0116. The lowest BCUT2D eigenvalue weighted by molar-refractivity contribution is -0.143. The van der Waals surface area contributed by atoms with Crippen LogP contribution in [-0.4, -0.2) is 234 Å². The topological polar surface area (TPSA) is 572 Å². The Bertz CT molecular complexity index is 3880. The molecule has 2 aromatic carbocycles. The molecule has 2 aromatic heterocycles. The third kappa shape index (κ3) is 28.3. The average Bonchev–Trinajstić information content (AvgIpc) is 1.73. The highest BCUT2D eigenvalue weighted by Crippen LogP contribution is 2.25. The van der Waals surface area contributed by atoms with Crippen molar-refractivity contribution in [3.63, 3.8) is 0 Å². The van der Waals surface area contributed by atoms with Crippen molar-refractivity contribution in [1.82, 2.24) is 77.9 Å². The first-order valence-electron chi connectivity index (χ1n) is 37.4. The molecular formula is C74H109N19O17S. The molecule has 608 valence electrons. The number of aromatic nitrogens is 3. The van der Waals surface area contributed by atoms with E-state index in [1.807, 2.05) is 18.2 Å². The summed E-state index contributed by atoms with van der Waals surface area (Å²) in [6.45, 7) is 8.08. The van der Waals surface area contributed by atoms with E-state index in [0.717, 1.165) is 10.9 Å². The number of phenols is 1. The number of aromatic hydroxyl groups is 1. The molecule has 111 heavy (non-hydrogen) atoms. The fourth-order valence-corrected chi connectivity index (χ4v) is 13.6. The number of carbonyl (C=O) groups is 15. The van der Waals surface area contributed by atoms with Crippen LogP contribution in [-0.2, 0) is 91.2 Å². The Morgan fingerprint density at radius 3 is 1.59 bits per heavy atom. The number of rotatable bonds is 46. The van der Waals surface area contributed by atoms with Gasteiger partial charge in [-0.25, -0.2) is 9.78 Å². The van der Waals surface area contributed by atoms with Crippen molar-refractivity contribution >= 4 is 111 Å². The van der Waals surface area contributed by atoms with Crippen LogP contribution in [0.15, 0.2) is 67.3 Å². The number of amides is 14. The molecule has 6 rings (SSSR count). The van der Waals surface area contributed by atoms with E-state index in [0.29, 0.717) is 48.3 Å². The number of aromatic amines is 2. The Labute approximate surface area is 647 Å². The number of fused-ring (bicyclic) bond motifs is 1. The summed E-state index contributed by atoms with van der Waals surface area (Å²) in [6, 6.07) is -2.75. The number of aliphatic carboxylic acids is 1. The zero-order chi connectivity index (χ0) is 81.6. The van der Waals surface area contributed by atoms with Gasteiger partial charge in [-0.1, -0.05) is 58.0 Å². The highest BCUT2D eigenvalue weighted by atomic mass is 32.2. The number of nitrogens with zero attached hydrogens (tertiary/aromatic N) is 3. The normalized spacial score (nSPS) is 16.8. The largest absolute Gasteiger partial charge is 0.508 e. The summed E-state index contributed by atoms with van der Waals surface area (Å²) >= 11 is 1.37. The van der Waals surface area contributed by atoms with E-state index in [4.69, 9.17) is 22.9 Å². The maximum atomic E-state index is 14.8. The van der Waals surface area contributed by atoms with Crippen molar-refractivity contribution in [1.29, 1.82) is 0 Å². The molecular weight excluding hydrogens is 1460 g/mol. The lowest BCUT2D eigenvalue weighted by Crippen LogP contribution is -2.61. The first-order valence-corrected chi connectivity index (χ1v) is 38.8. The number of para-hydroxylation sites is 1. The third-order valence-corrected chi connectivity index (χ3v) is 19.6. The summed E-state index contributed by atoms with van der Waals surface area (Å²) < 4.78 is 0. The van der Waals surface area contributed by atoms with Gasteiger partial charge in [-0.05, 0) is 144 Å². The maximum Gasteiger partial charge on any atom is 0.326 e. The predicted octanol–water partition coefficient (Wildman–Crippen LogP) is -1.98. The van der Waals surface area contributed by atoms with Crippen LogP contribution in [0.3, 0.4) is 0 Å². The molecule has 0 bridgehead atoms. The van der Waals surface area contributed by atoms with Gasteiger partial charge in [0.1, 0.15) is 72.2 Å². The van der Waals surface area contributed by atoms with E-state index < -0.39 is 174 Å². The number of H-pyrrole nitrogens is 2. The van der Waals surface area contributed by atoms with Crippen LogP contribution in [0.25, 0.3) is 10.9 Å². The van der Waals surface area contributed by atoms with E-state index in [2.05, 4.69) is 68.1 Å². The number of benzene rings is 2. The number of primary amides is 2. The maximum absolute atomic E-state index is 14.8. The number of unbranched alkanes of at least 4 members (excludes halogenated alkanes) is 1. The molecule has 0 unspecified atom stereocenters. The molecule has 2 saturated heterocycles. The zero-order valence-corrected chi connectivity index (χ0v) is 64.4. The van der Waals surface area contributed by atoms with Crippen LogP contribution >= 0.6 is 11.8 Å². The molecule has 0 saturated carbocycles. The second kappa shape index (κ2) is 44.2. The monoisotopic (exact) mass is 1570 g/mol. The molecule has 36 nitrogen and oxygen atoms in total. The number of carboxylic acids is 1. The minimum atomic E-state index is -1.56. The van der Waals surface area contributed by atoms with E-state index in [1.165, 1.54) is 65.3 Å². The summed E-state index contributed by atoms with van der Waals surface area (Å²) in [6.07, 6.45) is 6.16. The number of phenolic OH excluding ortho intramolecular Hbond substituents is 1. The van der Waals surface area contributed by atoms with Gasteiger partial charge in [0, 0.05) is 74.2 Å². The number of likely N-dealkylation sites (tertiary alicyclic amines) is 2. The second-order valence-corrected chi connectivity index (χ2v) is 29.9. The standard InChI is InChI=1S/C74H109N19O17S/c1-40(2)31-53(89-68(103)55(34-44-36-80-48-14-8-7-13-47(44)48)90-69(104)56(87-63(98)42(5)76)35-45-37-79-39-82-45)66(101)84-49(22-24-60(77)95)64(99)88-54(32-41(3)4)67(102)86-51(15-9-10-27-75)72(107)92-28-11-16-58(92)70(105)81-38-62(97)83-52(23-25-61(78)96)73(108)93-29-12-17-59(93)71(106)85-50(26-30-111-6)65(100)91-57(74(109)110)33-43-18-20-46(94)21-19-43/h7-8,13-14,18-21,36-37,39-42,49-59,80,94H,9-12,15-17,22-35,38,75-76H2,1-6H3,(H2,77,95)(H2,78,96)(H,79,82)(H,81,105)(H,83,97)(H,84,101)(H,85,106)(H,86,102)(H,87,98)(H,88,99)(H,89,103)(H,90,104)(H,91,100)(H,109,110)/t42-,49-,50-,51-,52-,53-,54-,55-,56-,57-,58-,59-/m0/s1. The molecule has 4 aromatic rings. The summed E-state index contributed by atoms with van der Waals surface area (Å²) in [4.78, 5) is 220. The summed E-state index contributed by atoms with van der Waals surface area (Å²) in [5.41, 5.74) is 25.2.